The second-order valence-corrected chi connectivity index (χ2v) is 5.63. The summed E-state index contributed by atoms with van der Waals surface area (Å²) in [5, 5.41) is 3.36. The predicted octanol–water partition coefficient (Wildman–Crippen LogP) is 1.99. The maximum absolute atomic E-state index is 12.1. The van der Waals surface area contributed by atoms with Crippen LogP contribution in [0, 0.1) is 5.92 Å². The van der Waals surface area contributed by atoms with Gasteiger partial charge in [-0.3, -0.25) is 4.79 Å². The summed E-state index contributed by atoms with van der Waals surface area (Å²) in [5.74, 6) is 0.397. The Hall–Kier alpha value is -1.26. The number of likely N-dealkylation sites (tertiary alicyclic amines) is 1. The highest BCUT2D eigenvalue weighted by molar-refractivity contribution is 6.34. The average Bonchev–Trinajstić information content (AvgIpc) is 2.36. The van der Waals surface area contributed by atoms with Crippen LogP contribution < -0.4 is 11.1 Å². The molecule has 1 saturated heterocycles. The molecule has 1 amide bonds. The van der Waals surface area contributed by atoms with E-state index in [2.05, 4.69) is 17.3 Å². The number of hydrogen-bond acceptors (Lipinski definition) is 3. The highest BCUT2D eigenvalue weighted by Gasteiger charge is 2.18. The van der Waals surface area contributed by atoms with Gasteiger partial charge in [-0.1, -0.05) is 11.6 Å². The molecule has 19 heavy (non-hydrogen) atoms. The van der Waals surface area contributed by atoms with Crippen molar-refractivity contribution < 1.29 is 4.79 Å². The van der Waals surface area contributed by atoms with Gasteiger partial charge in [0.05, 0.1) is 10.6 Å². The van der Waals surface area contributed by atoms with Gasteiger partial charge < -0.3 is 16.0 Å². The van der Waals surface area contributed by atoms with Crippen LogP contribution in [0.5, 0.6) is 0 Å². The number of hydrogen-bond donors (Lipinski definition) is 2. The van der Waals surface area contributed by atoms with Crippen LogP contribution in [0.2, 0.25) is 5.02 Å². The maximum atomic E-state index is 12.1. The lowest BCUT2D eigenvalue weighted by Gasteiger charge is -2.29. The number of carbonyl (C=O) groups excluding carboxylic acids is 1. The topological polar surface area (TPSA) is 58.4 Å². The number of halogens is 1. The zero-order chi connectivity index (χ0) is 13.8. The Kier molecular flexibility index (Phi) is 4.66. The van der Waals surface area contributed by atoms with Crippen molar-refractivity contribution in [2.45, 2.75) is 12.8 Å². The van der Waals surface area contributed by atoms with Crippen molar-refractivity contribution in [1.82, 2.24) is 10.2 Å². The molecule has 0 aromatic heterocycles. The molecule has 0 spiro atoms. The lowest BCUT2D eigenvalue weighted by atomic mass is 9.98. The van der Waals surface area contributed by atoms with E-state index in [0.29, 0.717) is 28.7 Å². The van der Waals surface area contributed by atoms with Gasteiger partial charge in [-0.15, -0.1) is 0 Å². The number of nitrogens with two attached hydrogens (primary N) is 1. The Labute approximate surface area is 118 Å². The van der Waals surface area contributed by atoms with Gasteiger partial charge in [0.25, 0.3) is 5.91 Å². The van der Waals surface area contributed by atoms with E-state index >= 15 is 0 Å². The number of piperidine rings is 1. The van der Waals surface area contributed by atoms with Crippen LogP contribution in [0.1, 0.15) is 23.2 Å². The number of nitrogens with zero attached hydrogens (tertiary/aromatic N) is 1. The first kappa shape index (κ1) is 14.2. The van der Waals surface area contributed by atoms with Crippen molar-refractivity contribution in [3.05, 3.63) is 28.8 Å². The largest absolute Gasteiger partial charge is 0.399 e. The van der Waals surface area contributed by atoms with E-state index < -0.39 is 0 Å². The molecule has 4 nitrogen and oxygen atoms in total. The van der Waals surface area contributed by atoms with E-state index in [1.165, 1.54) is 12.8 Å². The second-order valence-electron chi connectivity index (χ2n) is 5.22. The maximum Gasteiger partial charge on any atom is 0.252 e. The van der Waals surface area contributed by atoms with Crippen LogP contribution in [-0.2, 0) is 0 Å². The molecule has 0 radical (unpaired) electrons. The molecule has 0 bridgehead atoms. The van der Waals surface area contributed by atoms with Gasteiger partial charge in [-0.2, -0.15) is 0 Å². The highest BCUT2D eigenvalue weighted by Crippen LogP contribution is 2.19. The van der Waals surface area contributed by atoms with E-state index in [9.17, 15) is 4.79 Å². The fourth-order valence-electron chi connectivity index (χ4n) is 2.49. The third-order valence-electron chi connectivity index (χ3n) is 3.51. The number of nitrogen functional groups attached to an aromatic ring is 1. The summed E-state index contributed by atoms with van der Waals surface area (Å²) in [6.45, 7) is 2.88. The van der Waals surface area contributed by atoms with Gasteiger partial charge in [-0.25, -0.2) is 0 Å². The Morgan fingerprint density at radius 3 is 3.05 bits per heavy atom. The molecule has 1 aromatic carbocycles. The molecule has 0 aliphatic carbocycles. The third kappa shape index (κ3) is 3.85. The summed E-state index contributed by atoms with van der Waals surface area (Å²) in [7, 11) is 2.12. The van der Waals surface area contributed by atoms with E-state index in [0.717, 1.165) is 13.1 Å². The molecule has 1 aliphatic rings. The molecular weight excluding hydrogens is 262 g/mol. The standard InChI is InChI=1S/C14H20ClN3O/c1-18-6-2-3-10(9-18)8-17-14(19)12-5-4-11(16)7-13(12)15/h4-5,7,10H,2-3,6,8-9,16H2,1H3,(H,17,19). The predicted molar refractivity (Wildman–Crippen MR) is 78.4 cm³/mol. The SMILES string of the molecule is CN1CCCC(CNC(=O)c2ccc(N)cc2Cl)C1. The van der Waals surface area contributed by atoms with Crippen molar-refractivity contribution in [3.8, 4) is 0 Å². The normalized spacial score (nSPS) is 20.2. The van der Waals surface area contributed by atoms with Crippen molar-refractivity contribution in [1.29, 1.82) is 0 Å². The minimum absolute atomic E-state index is 0.127. The number of carbonyl (C=O) groups is 1. The van der Waals surface area contributed by atoms with Crippen molar-refractivity contribution in [2.24, 2.45) is 5.92 Å². The number of nitrogens with one attached hydrogen (secondary N) is 1. The molecule has 2 rings (SSSR count). The zero-order valence-electron chi connectivity index (χ0n) is 11.2. The first-order valence-corrected chi connectivity index (χ1v) is 6.96. The molecule has 0 saturated carbocycles. The second kappa shape index (κ2) is 6.26. The number of benzene rings is 1. The Bertz CT molecular complexity index is 464. The quantitative estimate of drug-likeness (QED) is 0.833. The summed E-state index contributed by atoms with van der Waals surface area (Å²) in [4.78, 5) is 14.4. The summed E-state index contributed by atoms with van der Waals surface area (Å²) < 4.78 is 0. The summed E-state index contributed by atoms with van der Waals surface area (Å²) in [6.07, 6.45) is 2.36. The van der Waals surface area contributed by atoms with E-state index in [4.69, 9.17) is 17.3 Å². The Morgan fingerprint density at radius 1 is 1.58 bits per heavy atom. The molecule has 104 valence electrons. The Morgan fingerprint density at radius 2 is 2.37 bits per heavy atom. The number of rotatable bonds is 3. The van der Waals surface area contributed by atoms with Crippen LogP contribution in [0.3, 0.4) is 0 Å². The molecular formula is C14H20ClN3O. The minimum atomic E-state index is -0.127. The van der Waals surface area contributed by atoms with Gasteiger partial charge >= 0.3 is 0 Å². The van der Waals surface area contributed by atoms with Gasteiger partial charge in [0.1, 0.15) is 0 Å². The molecule has 1 heterocycles. The van der Waals surface area contributed by atoms with Crippen LogP contribution in [0.15, 0.2) is 18.2 Å². The van der Waals surface area contributed by atoms with Gasteiger partial charge in [-0.05, 0) is 50.6 Å². The van der Waals surface area contributed by atoms with Crippen LogP contribution in [0.25, 0.3) is 0 Å². The third-order valence-corrected chi connectivity index (χ3v) is 3.82. The van der Waals surface area contributed by atoms with Crippen molar-refractivity contribution in [2.75, 3.05) is 32.4 Å². The smallest absolute Gasteiger partial charge is 0.252 e. The van der Waals surface area contributed by atoms with Crippen LogP contribution in [0.4, 0.5) is 5.69 Å². The first-order valence-electron chi connectivity index (χ1n) is 6.58. The van der Waals surface area contributed by atoms with Gasteiger partial charge in [0.15, 0.2) is 0 Å². The first-order chi connectivity index (χ1) is 9.06. The number of anilines is 1. The summed E-state index contributed by atoms with van der Waals surface area (Å²) in [5.41, 5.74) is 6.66. The van der Waals surface area contributed by atoms with E-state index in [1.807, 2.05) is 0 Å². The van der Waals surface area contributed by atoms with Gasteiger partial charge in [0, 0.05) is 18.8 Å². The monoisotopic (exact) mass is 281 g/mol. The zero-order valence-corrected chi connectivity index (χ0v) is 11.9. The van der Waals surface area contributed by atoms with E-state index in [1.54, 1.807) is 18.2 Å². The molecule has 1 fully saturated rings. The fraction of sp³-hybridized carbons (Fsp3) is 0.500. The molecule has 1 atom stereocenters. The number of amides is 1. The molecule has 5 heteroatoms. The molecule has 3 N–H and O–H groups in total. The van der Waals surface area contributed by atoms with Crippen molar-refractivity contribution >= 4 is 23.2 Å². The summed E-state index contributed by atoms with van der Waals surface area (Å²) >= 11 is 6.02. The lowest BCUT2D eigenvalue weighted by molar-refractivity contribution is 0.0937. The van der Waals surface area contributed by atoms with Crippen molar-refractivity contribution in [3.63, 3.8) is 0 Å². The van der Waals surface area contributed by atoms with Crippen LogP contribution in [-0.4, -0.2) is 37.5 Å². The summed E-state index contributed by atoms with van der Waals surface area (Å²) in [6, 6.07) is 4.96. The van der Waals surface area contributed by atoms with Gasteiger partial charge in [0.2, 0.25) is 0 Å². The fourth-order valence-corrected chi connectivity index (χ4v) is 2.76. The van der Waals surface area contributed by atoms with Crippen LogP contribution >= 0.6 is 11.6 Å². The molecule has 1 aromatic rings. The average molecular weight is 282 g/mol. The molecule has 1 unspecified atom stereocenters. The Balaban J connectivity index is 1.90. The molecule has 1 aliphatic heterocycles. The lowest BCUT2D eigenvalue weighted by Crippen LogP contribution is -2.39. The highest BCUT2D eigenvalue weighted by atomic mass is 35.5. The van der Waals surface area contributed by atoms with E-state index in [-0.39, 0.29) is 5.91 Å². The minimum Gasteiger partial charge on any atom is -0.399 e.